The van der Waals surface area contributed by atoms with Gasteiger partial charge in [0.05, 0.1) is 0 Å². The number of rotatable bonds is 2. The first kappa shape index (κ1) is 13.2. The molecule has 0 aromatic rings. The fraction of sp³-hybridized carbons (Fsp3) is 0.769. The Morgan fingerprint density at radius 2 is 1.67 bits per heavy atom. The van der Waals surface area contributed by atoms with Crippen LogP contribution in [0.5, 0.6) is 0 Å². The molecule has 0 aromatic heterocycles. The standard InChI is InChI=1S/C13H20N2O3/c1-11(2)12(3)6-7-13(11,9(17)8(12)16)10(18)14-15(4)5/h6-7H2,1-5H3,(H,14,18)/t12-,13-/m0/s1. The van der Waals surface area contributed by atoms with E-state index in [2.05, 4.69) is 5.43 Å². The molecule has 1 N–H and O–H groups in total. The summed E-state index contributed by atoms with van der Waals surface area (Å²) in [4.78, 5) is 36.9. The molecule has 0 unspecified atom stereocenters. The molecular formula is C13H20N2O3. The van der Waals surface area contributed by atoms with Gasteiger partial charge in [0.25, 0.3) is 0 Å². The molecule has 2 rings (SSSR count). The Kier molecular flexibility index (Phi) is 2.50. The van der Waals surface area contributed by atoms with Crippen molar-refractivity contribution >= 4 is 17.5 Å². The van der Waals surface area contributed by atoms with E-state index in [1.54, 1.807) is 14.1 Å². The van der Waals surface area contributed by atoms with Crippen molar-refractivity contribution in [3.63, 3.8) is 0 Å². The van der Waals surface area contributed by atoms with Gasteiger partial charge in [-0.15, -0.1) is 0 Å². The smallest absolute Gasteiger partial charge is 0.249 e. The zero-order valence-corrected chi connectivity index (χ0v) is 11.6. The fourth-order valence-electron chi connectivity index (χ4n) is 3.57. The molecule has 5 heteroatoms. The van der Waals surface area contributed by atoms with Gasteiger partial charge in [0, 0.05) is 19.5 Å². The first-order valence-corrected chi connectivity index (χ1v) is 6.19. The number of carbonyl (C=O) groups excluding carboxylic acids is 3. The minimum atomic E-state index is -1.19. The highest BCUT2D eigenvalue weighted by Crippen LogP contribution is 2.68. The topological polar surface area (TPSA) is 66.5 Å². The lowest BCUT2D eigenvalue weighted by Crippen LogP contribution is -2.53. The Morgan fingerprint density at radius 1 is 1.11 bits per heavy atom. The van der Waals surface area contributed by atoms with Crippen LogP contribution >= 0.6 is 0 Å². The van der Waals surface area contributed by atoms with Crippen LogP contribution in [0.25, 0.3) is 0 Å². The molecule has 2 atom stereocenters. The van der Waals surface area contributed by atoms with Crippen LogP contribution in [0.4, 0.5) is 0 Å². The van der Waals surface area contributed by atoms with Gasteiger partial charge in [-0.2, -0.15) is 0 Å². The van der Waals surface area contributed by atoms with Crippen LogP contribution in [0.2, 0.25) is 0 Å². The second-order valence-electron chi connectivity index (χ2n) is 6.36. The lowest BCUT2D eigenvalue weighted by atomic mass is 9.64. The molecule has 1 amide bonds. The molecule has 2 bridgehead atoms. The molecule has 2 fully saturated rings. The minimum absolute atomic E-state index is 0.350. The van der Waals surface area contributed by atoms with E-state index < -0.39 is 22.0 Å². The number of ketones is 2. The zero-order valence-electron chi connectivity index (χ0n) is 11.6. The molecule has 0 radical (unpaired) electrons. The van der Waals surface area contributed by atoms with Crippen LogP contribution < -0.4 is 5.43 Å². The van der Waals surface area contributed by atoms with E-state index in [0.717, 1.165) is 0 Å². The number of nitrogens with one attached hydrogen (secondary N) is 1. The van der Waals surface area contributed by atoms with Crippen molar-refractivity contribution in [3.8, 4) is 0 Å². The summed E-state index contributed by atoms with van der Waals surface area (Å²) in [6.07, 6.45) is 1.06. The van der Waals surface area contributed by atoms with Crippen molar-refractivity contribution in [2.75, 3.05) is 14.1 Å². The van der Waals surface area contributed by atoms with E-state index in [-0.39, 0.29) is 11.7 Å². The average molecular weight is 252 g/mol. The highest BCUT2D eigenvalue weighted by Gasteiger charge is 2.77. The van der Waals surface area contributed by atoms with E-state index in [0.29, 0.717) is 12.8 Å². The van der Waals surface area contributed by atoms with Crippen LogP contribution in [0.3, 0.4) is 0 Å². The Hall–Kier alpha value is -1.23. The summed E-state index contributed by atoms with van der Waals surface area (Å²) in [6, 6.07) is 0. The third-order valence-corrected chi connectivity index (χ3v) is 5.25. The van der Waals surface area contributed by atoms with Gasteiger partial charge < -0.3 is 0 Å². The van der Waals surface area contributed by atoms with Gasteiger partial charge in [0.15, 0.2) is 0 Å². The summed E-state index contributed by atoms with van der Waals surface area (Å²) in [5, 5.41) is 1.51. The maximum Gasteiger partial charge on any atom is 0.249 e. The van der Waals surface area contributed by atoms with Crippen molar-refractivity contribution in [2.24, 2.45) is 16.2 Å². The van der Waals surface area contributed by atoms with Crippen molar-refractivity contribution in [1.29, 1.82) is 0 Å². The predicted molar refractivity (Wildman–Crippen MR) is 65.4 cm³/mol. The fourth-order valence-corrected chi connectivity index (χ4v) is 3.57. The SMILES string of the molecule is CN(C)NC(=O)[C@]12CC[C@@](C)(C(=O)C1=O)C2(C)C. The summed E-state index contributed by atoms with van der Waals surface area (Å²) in [5.74, 6) is -1.25. The largest absolute Gasteiger partial charge is 0.290 e. The van der Waals surface area contributed by atoms with Crippen LogP contribution in [0.15, 0.2) is 0 Å². The lowest BCUT2D eigenvalue weighted by Gasteiger charge is -2.37. The van der Waals surface area contributed by atoms with E-state index in [1.165, 1.54) is 5.01 Å². The second-order valence-corrected chi connectivity index (χ2v) is 6.36. The number of fused-ring (bicyclic) bond motifs is 2. The highest BCUT2D eigenvalue weighted by atomic mass is 16.2. The maximum absolute atomic E-state index is 12.4. The first-order valence-electron chi connectivity index (χ1n) is 6.19. The number of hydrazine groups is 1. The molecule has 0 aromatic carbocycles. The molecule has 0 heterocycles. The van der Waals surface area contributed by atoms with Gasteiger partial charge in [-0.1, -0.05) is 20.8 Å². The predicted octanol–water partition coefficient (Wildman–Crippen LogP) is 0.544. The molecule has 0 saturated heterocycles. The summed E-state index contributed by atoms with van der Waals surface area (Å²) < 4.78 is 0. The number of nitrogens with zero attached hydrogens (tertiary/aromatic N) is 1. The zero-order chi connectivity index (χ0) is 13.9. The Balaban J connectivity index is 2.53. The van der Waals surface area contributed by atoms with E-state index in [1.807, 2.05) is 20.8 Å². The molecule has 0 spiro atoms. The van der Waals surface area contributed by atoms with Crippen molar-refractivity contribution in [3.05, 3.63) is 0 Å². The maximum atomic E-state index is 12.4. The number of Topliss-reactive ketones (excluding diaryl/α,β-unsaturated/α-hetero) is 2. The number of amides is 1. The summed E-state index contributed by atoms with van der Waals surface area (Å²) in [7, 11) is 3.38. The Bertz CT molecular complexity index is 455. The van der Waals surface area contributed by atoms with Gasteiger partial charge in [0.2, 0.25) is 17.5 Å². The van der Waals surface area contributed by atoms with Crippen LogP contribution in [0.1, 0.15) is 33.6 Å². The van der Waals surface area contributed by atoms with Gasteiger partial charge in [-0.25, -0.2) is 5.01 Å². The minimum Gasteiger partial charge on any atom is -0.290 e. The molecule has 2 aliphatic carbocycles. The third kappa shape index (κ3) is 1.13. The van der Waals surface area contributed by atoms with Gasteiger partial charge >= 0.3 is 0 Å². The number of hydrogen-bond donors (Lipinski definition) is 1. The van der Waals surface area contributed by atoms with E-state index in [9.17, 15) is 14.4 Å². The molecular weight excluding hydrogens is 232 g/mol. The van der Waals surface area contributed by atoms with Crippen LogP contribution in [0, 0.1) is 16.2 Å². The van der Waals surface area contributed by atoms with E-state index >= 15 is 0 Å². The summed E-state index contributed by atoms with van der Waals surface area (Å²) in [5.41, 5.74) is 0.126. The van der Waals surface area contributed by atoms with E-state index in [4.69, 9.17) is 0 Å². The molecule has 2 saturated carbocycles. The Morgan fingerprint density at radius 3 is 2.06 bits per heavy atom. The normalized spacial score (nSPS) is 37.4. The van der Waals surface area contributed by atoms with Gasteiger partial charge in [-0.05, 0) is 18.3 Å². The average Bonchev–Trinajstić information content (AvgIpc) is 2.51. The Labute approximate surface area is 107 Å². The molecule has 0 aliphatic heterocycles. The van der Waals surface area contributed by atoms with Gasteiger partial charge in [-0.3, -0.25) is 19.8 Å². The number of hydrogen-bond acceptors (Lipinski definition) is 4. The summed E-state index contributed by atoms with van der Waals surface area (Å²) >= 11 is 0. The quantitative estimate of drug-likeness (QED) is 0.442. The molecule has 18 heavy (non-hydrogen) atoms. The molecule has 2 aliphatic rings. The molecule has 5 nitrogen and oxygen atoms in total. The van der Waals surface area contributed by atoms with Gasteiger partial charge in [0.1, 0.15) is 5.41 Å². The molecule has 100 valence electrons. The van der Waals surface area contributed by atoms with Crippen LogP contribution in [-0.4, -0.2) is 36.6 Å². The first-order chi connectivity index (χ1) is 8.11. The van der Waals surface area contributed by atoms with Crippen molar-refractivity contribution < 1.29 is 14.4 Å². The van der Waals surface area contributed by atoms with Crippen molar-refractivity contribution in [1.82, 2.24) is 10.4 Å². The van der Waals surface area contributed by atoms with Crippen LogP contribution in [-0.2, 0) is 14.4 Å². The monoisotopic (exact) mass is 252 g/mol. The second kappa shape index (κ2) is 3.41. The summed E-state index contributed by atoms with van der Waals surface area (Å²) in [6.45, 7) is 5.53. The third-order valence-electron chi connectivity index (χ3n) is 5.25. The number of carbonyl (C=O) groups is 3. The lowest BCUT2D eigenvalue weighted by molar-refractivity contribution is -0.151. The van der Waals surface area contributed by atoms with Crippen molar-refractivity contribution in [2.45, 2.75) is 33.6 Å². The highest BCUT2D eigenvalue weighted by molar-refractivity contribution is 6.48.